The summed E-state index contributed by atoms with van der Waals surface area (Å²) in [5, 5.41) is 9.26. The molecule has 106 valence electrons. The summed E-state index contributed by atoms with van der Waals surface area (Å²) in [6, 6.07) is 9.66. The number of halogens is 1. The Hall–Kier alpha value is -2.40. The Morgan fingerprint density at radius 3 is 2.76 bits per heavy atom. The highest BCUT2D eigenvalue weighted by molar-refractivity contribution is 6.29. The molecule has 1 aliphatic heterocycles. The molecule has 0 saturated heterocycles. The number of aromatic carboxylic acids is 1. The van der Waals surface area contributed by atoms with Crippen LogP contribution in [0.5, 0.6) is 0 Å². The smallest absolute Gasteiger partial charge is 0.335 e. The van der Waals surface area contributed by atoms with E-state index in [4.69, 9.17) is 16.7 Å². The normalized spacial score (nSPS) is 13.1. The number of nitrogens with zero attached hydrogens (tertiary/aromatic N) is 2. The van der Waals surface area contributed by atoms with Crippen LogP contribution in [-0.2, 0) is 6.42 Å². The van der Waals surface area contributed by atoms with Gasteiger partial charge in [0.25, 0.3) is 5.91 Å². The number of carbonyl (C=O) groups excluding carboxylic acids is 1. The number of rotatable bonds is 2. The first-order chi connectivity index (χ1) is 10.1. The average Bonchev–Trinajstić information content (AvgIpc) is 2.89. The summed E-state index contributed by atoms with van der Waals surface area (Å²) in [6.07, 6.45) is 0.628. The molecular formula is C15H11ClN2O3. The van der Waals surface area contributed by atoms with Gasteiger partial charge in [-0.15, -0.1) is 0 Å². The summed E-state index contributed by atoms with van der Waals surface area (Å²) < 4.78 is 0. The first-order valence-corrected chi connectivity index (χ1v) is 6.75. The fourth-order valence-corrected chi connectivity index (χ4v) is 2.58. The van der Waals surface area contributed by atoms with Gasteiger partial charge >= 0.3 is 5.97 Å². The number of amides is 1. The monoisotopic (exact) mass is 302 g/mol. The van der Waals surface area contributed by atoms with Crippen LogP contribution in [0.15, 0.2) is 36.4 Å². The summed E-state index contributed by atoms with van der Waals surface area (Å²) in [6.45, 7) is 0.505. The van der Waals surface area contributed by atoms with Gasteiger partial charge in [0.15, 0.2) is 0 Å². The van der Waals surface area contributed by atoms with Crippen molar-refractivity contribution in [3.63, 3.8) is 0 Å². The molecule has 0 saturated carbocycles. The van der Waals surface area contributed by atoms with E-state index in [2.05, 4.69) is 4.98 Å². The van der Waals surface area contributed by atoms with Crippen molar-refractivity contribution in [2.75, 3.05) is 11.4 Å². The number of hydrogen-bond acceptors (Lipinski definition) is 3. The van der Waals surface area contributed by atoms with Crippen molar-refractivity contribution in [1.29, 1.82) is 0 Å². The summed E-state index contributed by atoms with van der Waals surface area (Å²) >= 11 is 5.80. The molecule has 1 aliphatic rings. The molecule has 3 rings (SSSR count). The largest absolute Gasteiger partial charge is 0.478 e. The molecule has 0 unspecified atom stereocenters. The number of carboxylic acid groups (broad SMARTS) is 1. The van der Waals surface area contributed by atoms with Crippen LogP contribution in [0, 0.1) is 0 Å². The van der Waals surface area contributed by atoms with Crippen molar-refractivity contribution in [3.8, 4) is 0 Å². The Balaban J connectivity index is 1.94. The number of anilines is 1. The topological polar surface area (TPSA) is 70.5 Å². The van der Waals surface area contributed by atoms with Crippen molar-refractivity contribution in [3.05, 3.63) is 58.4 Å². The molecule has 0 aliphatic carbocycles. The van der Waals surface area contributed by atoms with E-state index in [0.29, 0.717) is 13.0 Å². The van der Waals surface area contributed by atoms with Gasteiger partial charge in [0.2, 0.25) is 0 Å². The lowest BCUT2D eigenvalue weighted by Crippen LogP contribution is -2.29. The van der Waals surface area contributed by atoms with Crippen LogP contribution in [0.4, 0.5) is 5.69 Å². The van der Waals surface area contributed by atoms with Gasteiger partial charge in [0, 0.05) is 12.2 Å². The Morgan fingerprint density at radius 2 is 2.05 bits per heavy atom. The summed E-state index contributed by atoms with van der Waals surface area (Å²) in [4.78, 5) is 29.1. The molecule has 6 heteroatoms. The summed E-state index contributed by atoms with van der Waals surface area (Å²) in [7, 11) is 0. The van der Waals surface area contributed by atoms with Crippen molar-refractivity contribution in [2.24, 2.45) is 0 Å². The first kappa shape index (κ1) is 13.6. The standard InChI is InChI=1S/C15H11ClN2O3/c16-13-3-1-2-11(17-13)14(19)18-7-6-9-8-10(15(20)21)4-5-12(9)18/h1-5,8H,6-7H2,(H,20,21). The predicted molar refractivity (Wildman–Crippen MR) is 78.0 cm³/mol. The van der Waals surface area contributed by atoms with Crippen LogP contribution in [-0.4, -0.2) is 28.5 Å². The Morgan fingerprint density at radius 1 is 1.24 bits per heavy atom. The first-order valence-electron chi connectivity index (χ1n) is 6.37. The maximum atomic E-state index is 12.5. The number of hydrogen-bond donors (Lipinski definition) is 1. The maximum absolute atomic E-state index is 12.5. The van der Waals surface area contributed by atoms with E-state index < -0.39 is 5.97 Å². The number of carbonyl (C=O) groups is 2. The number of carboxylic acids is 1. The molecule has 0 atom stereocenters. The van der Waals surface area contributed by atoms with E-state index in [-0.39, 0.29) is 22.3 Å². The van der Waals surface area contributed by atoms with Gasteiger partial charge in [0.05, 0.1) is 5.56 Å². The minimum absolute atomic E-state index is 0.226. The van der Waals surface area contributed by atoms with E-state index in [1.807, 2.05) is 0 Å². The lowest BCUT2D eigenvalue weighted by atomic mass is 10.1. The minimum Gasteiger partial charge on any atom is -0.478 e. The summed E-state index contributed by atoms with van der Waals surface area (Å²) in [5.74, 6) is -1.21. The number of pyridine rings is 1. The molecule has 2 heterocycles. The lowest BCUT2D eigenvalue weighted by Gasteiger charge is -2.17. The summed E-state index contributed by atoms with van der Waals surface area (Å²) in [5.41, 5.74) is 2.08. The SMILES string of the molecule is O=C(O)c1ccc2c(c1)CCN2C(=O)c1cccc(Cl)n1. The van der Waals surface area contributed by atoms with E-state index in [9.17, 15) is 9.59 Å². The highest BCUT2D eigenvalue weighted by Crippen LogP contribution is 2.30. The molecule has 0 fully saturated rings. The van der Waals surface area contributed by atoms with Crippen LogP contribution in [0.1, 0.15) is 26.4 Å². The van der Waals surface area contributed by atoms with Gasteiger partial charge in [-0.3, -0.25) is 4.79 Å². The molecule has 21 heavy (non-hydrogen) atoms. The molecule has 0 spiro atoms. The van der Waals surface area contributed by atoms with Gasteiger partial charge in [-0.05, 0) is 42.3 Å². The zero-order valence-corrected chi connectivity index (χ0v) is 11.7. The highest BCUT2D eigenvalue weighted by Gasteiger charge is 2.27. The van der Waals surface area contributed by atoms with Gasteiger partial charge < -0.3 is 10.0 Å². The average molecular weight is 303 g/mol. The molecule has 1 aromatic heterocycles. The minimum atomic E-state index is -0.973. The molecule has 2 aromatic rings. The third-order valence-electron chi connectivity index (χ3n) is 3.40. The van der Waals surface area contributed by atoms with Gasteiger partial charge in [-0.2, -0.15) is 0 Å². The van der Waals surface area contributed by atoms with Crippen LogP contribution in [0.3, 0.4) is 0 Å². The third kappa shape index (κ3) is 2.48. The van der Waals surface area contributed by atoms with E-state index >= 15 is 0 Å². The zero-order chi connectivity index (χ0) is 15.0. The van der Waals surface area contributed by atoms with Crippen LogP contribution >= 0.6 is 11.6 Å². The number of benzene rings is 1. The molecule has 5 nitrogen and oxygen atoms in total. The second-order valence-electron chi connectivity index (χ2n) is 4.70. The van der Waals surface area contributed by atoms with Gasteiger partial charge in [-0.1, -0.05) is 17.7 Å². The van der Waals surface area contributed by atoms with E-state index in [0.717, 1.165) is 11.3 Å². The predicted octanol–water partition coefficient (Wildman–Crippen LogP) is 2.64. The Kier molecular flexibility index (Phi) is 3.35. The molecule has 0 bridgehead atoms. The molecule has 1 aromatic carbocycles. The highest BCUT2D eigenvalue weighted by atomic mass is 35.5. The van der Waals surface area contributed by atoms with Crippen LogP contribution in [0.25, 0.3) is 0 Å². The molecular weight excluding hydrogens is 292 g/mol. The maximum Gasteiger partial charge on any atom is 0.335 e. The van der Waals surface area contributed by atoms with Crippen LogP contribution < -0.4 is 4.90 Å². The second-order valence-corrected chi connectivity index (χ2v) is 5.09. The fourth-order valence-electron chi connectivity index (χ4n) is 2.41. The van der Waals surface area contributed by atoms with Crippen molar-refractivity contribution in [2.45, 2.75) is 6.42 Å². The lowest BCUT2D eigenvalue weighted by molar-refractivity contribution is 0.0696. The van der Waals surface area contributed by atoms with Gasteiger partial charge in [0.1, 0.15) is 10.8 Å². The molecule has 1 amide bonds. The Labute approximate surface area is 125 Å². The van der Waals surface area contributed by atoms with Crippen molar-refractivity contribution in [1.82, 2.24) is 4.98 Å². The zero-order valence-electron chi connectivity index (χ0n) is 10.9. The third-order valence-corrected chi connectivity index (χ3v) is 3.61. The number of aromatic nitrogens is 1. The van der Waals surface area contributed by atoms with E-state index in [1.54, 1.807) is 35.2 Å². The quantitative estimate of drug-likeness (QED) is 0.866. The van der Waals surface area contributed by atoms with Crippen LogP contribution in [0.2, 0.25) is 5.15 Å². The van der Waals surface area contributed by atoms with Crippen molar-refractivity contribution < 1.29 is 14.7 Å². The number of fused-ring (bicyclic) bond motifs is 1. The second kappa shape index (κ2) is 5.18. The fraction of sp³-hybridized carbons (Fsp3) is 0.133. The molecule has 0 radical (unpaired) electrons. The van der Waals surface area contributed by atoms with E-state index in [1.165, 1.54) is 6.07 Å². The Bertz CT molecular complexity index is 745. The molecule has 1 N–H and O–H groups in total. The van der Waals surface area contributed by atoms with Gasteiger partial charge in [-0.25, -0.2) is 9.78 Å². The van der Waals surface area contributed by atoms with Crippen molar-refractivity contribution >= 4 is 29.2 Å².